The highest BCUT2D eigenvalue weighted by Gasteiger charge is 2.14. The lowest BCUT2D eigenvalue weighted by atomic mass is 10.0. The van der Waals surface area contributed by atoms with Gasteiger partial charge in [-0.2, -0.15) is 14.8 Å². The van der Waals surface area contributed by atoms with Crippen molar-refractivity contribution in [1.29, 1.82) is 0 Å². The molecule has 1 aromatic heterocycles. The number of hydrogen-bond acceptors (Lipinski definition) is 4. The lowest BCUT2D eigenvalue weighted by Gasteiger charge is -2.14. The van der Waals surface area contributed by atoms with Gasteiger partial charge in [-0.3, -0.25) is 0 Å². The maximum Gasteiger partial charge on any atom is 0.335 e. The smallest absolute Gasteiger partial charge is 0.335 e. The molecule has 0 saturated carbocycles. The molecule has 0 aliphatic rings. The molecule has 0 amide bonds. The number of halogens is 1. The maximum atomic E-state index is 11.5. The average molecular weight is 343 g/mol. The Balaban J connectivity index is 2.18. The van der Waals surface area contributed by atoms with Crippen LogP contribution in [-0.4, -0.2) is 39.9 Å². The van der Waals surface area contributed by atoms with Crippen molar-refractivity contribution >= 4 is 23.5 Å². The molecule has 122 valence electrons. The highest BCUT2D eigenvalue weighted by Crippen LogP contribution is 2.27. The molecule has 7 heteroatoms. The van der Waals surface area contributed by atoms with Crippen molar-refractivity contribution in [3.8, 4) is 16.8 Å². The van der Waals surface area contributed by atoms with E-state index >= 15 is 0 Å². The third-order valence-electron chi connectivity index (χ3n) is 3.52. The molecule has 3 aromatic rings. The Morgan fingerprint density at radius 1 is 1.12 bits per heavy atom. The molecule has 1 heterocycles. The number of carbonyl (C=O) groups is 1. The van der Waals surface area contributed by atoms with Gasteiger partial charge in [0.05, 0.1) is 11.3 Å². The number of benzene rings is 2. The molecule has 0 atom stereocenters. The van der Waals surface area contributed by atoms with Crippen LogP contribution in [0.1, 0.15) is 10.4 Å². The van der Waals surface area contributed by atoms with Crippen LogP contribution in [0.5, 0.6) is 0 Å². The third kappa shape index (κ3) is 3.09. The highest BCUT2D eigenvalue weighted by atomic mass is 35.5. The number of carboxylic acids is 1. The number of rotatable bonds is 4. The molecule has 0 radical (unpaired) electrons. The van der Waals surface area contributed by atoms with Crippen molar-refractivity contribution in [1.82, 2.24) is 14.8 Å². The Kier molecular flexibility index (Phi) is 4.22. The van der Waals surface area contributed by atoms with Gasteiger partial charge in [-0.05, 0) is 41.5 Å². The summed E-state index contributed by atoms with van der Waals surface area (Å²) in [6.45, 7) is 0. The molecule has 24 heavy (non-hydrogen) atoms. The molecule has 0 fully saturated rings. The summed E-state index contributed by atoms with van der Waals surface area (Å²) >= 11 is 5.93. The molecule has 0 saturated heterocycles. The lowest BCUT2D eigenvalue weighted by Crippen LogP contribution is -2.15. The first-order valence-corrected chi connectivity index (χ1v) is 7.55. The second-order valence-corrected chi connectivity index (χ2v) is 5.88. The standard InChI is InChI=1S/C17H15ClN4O2/c1-21(2)17-19-10-20-22(17)15-8-12(7-13(9-15)16(23)24)11-3-5-14(18)6-4-11/h3-10H,1-2H3,(H,23,24). The van der Waals surface area contributed by atoms with E-state index in [0.717, 1.165) is 11.1 Å². The number of hydrogen-bond donors (Lipinski definition) is 1. The van der Waals surface area contributed by atoms with E-state index in [-0.39, 0.29) is 5.56 Å². The van der Waals surface area contributed by atoms with Crippen LogP contribution < -0.4 is 4.90 Å². The van der Waals surface area contributed by atoms with Crippen LogP contribution in [0.15, 0.2) is 48.8 Å². The van der Waals surface area contributed by atoms with E-state index in [9.17, 15) is 9.90 Å². The van der Waals surface area contributed by atoms with Crippen molar-refractivity contribution < 1.29 is 9.90 Å². The Labute approximate surface area is 143 Å². The zero-order valence-corrected chi connectivity index (χ0v) is 13.9. The first kappa shape index (κ1) is 16.0. The van der Waals surface area contributed by atoms with Gasteiger partial charge >= 0.3 is 5.97 Å². The van der Waals surface area contributed by atoms with Crippen LogP contribution in [-0.2, 0) is 0 Å². The van der Waals surface area contributed by atoms with Gasteiger partial charge in [0.25, 0.3) is 0 Å². The van der Waals surface area contributed by atoms with E-state index in [2.05, 4.69) is 10.1 Å². The van der Waals surface area contributed by atoms with Crippen molar-refractivity contribution in [2.75, 3.05) is 19.0 Å². The van der Waals surface area contributed by atoms with Crippen molar-refractivity contribution in [3.63, 3.8) is 0 Å². The molecular formula is C17H15ClN4O2. The van der Waals surface area contributed by atoms with E-state index < -0.39 is 5.97 Å². The molecule has 0 aliphatic carbocycles. The zero-order chi connectivity index (χ0) is 17.3. The second-order valence-electron chi connectivity index (χ2n) is 5.45. The van der Waals surface area contributed by atoms with E-state index in [1.165, 1.54) is 6.33 Å². The summed E-state index contributed by atoms with van der Waals surface area (Å²) in [6.07, 6.45) is 1.44. The van der Waals surface area contributed by atoms with Crippen molar-refractivity contribution in [2.45, 2.75) is 0 Å². The average Bonchev–Trinajstić information content (AvgIpc) is 3.05. The van der Waals surface area contributed by atoms with Crippen molar-refractivity contribution in [2.24, 2.45) is 0 Å². The minimum Gasteiger partial charge on any atom is -0.478 e. The summed E-state index contributed by atoms with van der Waals surface area (Å²) in [5, 5.41) is 14.3. The van der Waals surface area contributed by atoms with Gasteiger partial charge in [0.15, 0.2) is 0 Å². The molecular weight excluding hydrogens is 328 g/mol. The largest absolute Gasteiger partial charge is 0.478 e. The molecule has 2 aromatic carbocycles. The Morgan fingerprint density at radius 3 is 2.46 bits per heavy atom. The predicted octanol–water partition coefficient (Wildman–Crippen LogP) is 3.35. The summed E-state index contributed by atoms with van der Waals surface area (Å²) in [6, 6.07) is 12.3. The summed E-state index contributed by atoms with van der Waals surface area (Å²) in [5.74, 6) is -0.391. The van der Waals surface area contributed by atoms with Crippen LogP contribution in [0.3, 0.4) is 0 Å². The molecule has 1 N–H and O–H groups in total. The monoisotopic (exact) mass is 342 g/mol. The quantitative estimate of drug-likeness (QED) is 0.787. The van der Waals surface area contributed by atoms with E-state index in [4.69, 9.17) is 11.6 Å². The van der Waals surface area contributed by atoms with Gasteiger partial charge in [0.1, 0.15) is 6.33 Å². The fraction of sp³-hybridized carbons (Fsp3) is 0.118. The molecule has 3 rings (SSSR count). The Hall–Kier alpha value is -2.86. The second kappa shape index (κ2) is 6.33. The summed E-state index contributed by atoms with van der Waals surface area (Å²) in [4.78, 5) is 17.5. The van der Waals surface area contributed by atoms with Crippen LogP contribution in [0, 0.1) is 0 Å². The fourth-order valence-corrected chi connectivity index (χ4v) is 2.51. The highest BCUT2D eigenvalue weighted by molar-refractivity contribution is 6.30. The Morgan fingerprint density at radius 2 is 1.83 bits per heavy atom. The molecule has 0 aliphatic heterocycles. The third-order valence-corrected chi connectivity index (χ3v) is 3.77. The molecule has 0 bridgehead atoms. The van der Waals surface area contributed by atoms with E-state index in [0.29, 0.717) is 16.7 Å². The number of aromatic carboxylic acids is 1. The topological polar surface area (TPSA) is 71.2 Å². The van der Waals surface area contributed by atoms with Gasteiger partial charge < -0.3 is 10.0 Å². The van der Waals surface area contributed by atoms with Crippen LogP contribution in [0.25, 0.3) is 16.8 Å². The number of carboxylic acid groups (broad SMARTS) is 1. The first-order valence-electron chi connectivity index (χ1n) is 7.18. The first-order chi connectivity index (χ1) is 11.5. The summed E-state index contributed by atoms with van der Waals surface area (Å²) < 4.78 is 1.60. The number of anilines is 1. The van der Waals surface area contributed by atoms with Gasteiger partial charge in [-0.15, -0.1) is 0 Å². The minimum absolute atomic E-state index is 0.178. The van der Waals surface area contributed by atoms with Gasteiger partial charge in [0, 0.05) is 19.1 Å². The van der Waals surface area contributed by atoms with E-state index in [1.54, 1.807) is 28.9 Å². The van der Waals surface area contributed by atoms with Gasteiger partial charge in [0.2, 0.25) is 5.95 Å². The molecule has 0 unspecified atom stereocenters. The minimum atomic E-state index is -1.00. The van der Waals surface area contributed by atoms with Gasteiger partial charge in [-0.25, -0.2) is 4.79 Å². The van der Waals surface area contributed by atoms with E-state index in [1.807, 2.05) is 37.2 Å². The van der Waals surface area contributed by atoms with Crippen LogP contribution in [0.4, 0.5) is 5.95 Å². The summed E-state index contributed by atoms with van der Waals surface area (Å²) in [5.41, 5.74) is 2.44. The van der Waals surface area contributed by atoms with Gasteiger partial charge in [-0.1, -0.05) is 23.7 Å². The maximum absolute atomic E-state index is 11.5. The van der Waals surface area contributed by atoms with Crippen LogP contribution >= 0.6 is 11.6 Å². The fourth-order valence-electron chi connectivity index (χ4n) is 2.39. The molecule has 6 nitrogen and oxygen atoms in total. The normalized spacial score (nSPS) is 10.6. The SMILES string of the molecule is CN(C)c1ncnn1-c1cc(C(=O)O)cc(-c2ccc(Cl)cc2)c1. The predicted molar refractivity (Wildman–Crippen MR) is 93.1 cm³/mol. The number of aromatic nitrogens is 3. The molecule has 0 spiro atoms. The lowest BCUT2D eigenvalue weighted by molar-refractivity contribution is 0.0697. The van der Waals surface area contributed by atoms with Crippen LogP contribution in [0.2, 0.25) is 5.02 Å². The summed E-state index contributed by atoms with van der Waals surface area (Å²) in [7, 11) is 3.70. The zero-order valence-electron chi connectivity index (χ0n) is 13.1. The number of nitrogens with zero attached hydrogens (tertiary/aromatic N) is 4. The Bertz CT molecular complexity index is 888. The van der Waals surface area contributed by atoms with Crippen molar-refractivity contribution in [3.05, 3.63) is 59.4 Å².